The van der Waals surface area contributed by atoms with Crippen molar-refractivity contribution in [2.75, 3.05) is 10.7 Å². The van der Waals surface area contributed by atoms with Crippen LogP contribution in [-0.4, -0.2) is 10.9 Å². The molecule has 0 radical (unpaired) electrons. The third kappa shape index (κ3) is 3.69. The minimum atomic E-state index is -0.311. The highest BCUT2D eigenvalue weighted by atomic mass is 79.9. The maximum Gasteiger partial charge on any atom is 0.255 e. The molecule has 0 bridgehead atoms. The number of nitrogen functional groups attached to an aromatic ring is 1. The molecular formula is C12H9Br2ClN4O. The molecule has 20 heavy (non-hydrogen) atoms. The van der Waals surface area contributed by atoms with Gasteiger partial charge in [-0.25, -0.2) is 10.8 Å². The second-order valence-corrected chi connectivity index (χ2v) is 5.94. The van der Waals surface area contributed by atoms with Gasteiger partial charge in [-0.2, -0.15) is 0 Å². The number of benzene rings is 1. The molecule has 1 heterocycles. The van der Waals surface area contributed by atoms with Gasteiger partial charge < -0.3 is 10.7 Å². The van der Waals surface area contributed by atoms with Crippen LogP contribution in [0.25, 0.3) is 0 Å². The van der Waals surface area contributed by atoms with E-state index in [0.717, 1.165) is 8.95 Å². The van der Waals surface area contributed by atoms with Crippen molar-refractivity contribution >= 4 is 60.9 Å². The molecule has 0 saturated heterocycles. The Labute approximate surface area is 137 Å². The van der Waals surface area contributed by atoms with Gasteiger partial charge in [0.15, 0.2) is 0 Å². The Morgan fingerprint density at radius 1 is 1.25 bits per heavy atom. The predicted octanol–water partition coefficient (Wildman–Crippen LogP) is 3.80. The number of nitrogens with two attached hydrogens (primary N) is 1. The Morgan fingerprint density at radius 3 is 2.65 bits per heavy atom. The Morgan fingerprint density at radius 2 is 2.00 bits per heavy atom. The molecule has 0 unspecified atom stereocenters. The third-order valence-electron chi connectivity index (χ3n) is 2.38. The number of amides is 1. The fraction of sp³-hybridized carbons (Fsp3) is 0. The summed E-state index contributed by atoms with van der Waals surface area (Å²) in [5.74, 6) is 5.27. The SMILES string of the molecule is NNc1cc(C(=O)Nc2ccc(Br)cc2Br)cc(Cl)n1. The second-order valence-electron chi connectivity index (χ2n) is 3.79. The van der Waals surface area contributed by atoms with Gasteiger partial charge in [0.25, 0.3) is 5.91 Å². The van der Waals surface area contributed by atoms with Gasteiger partial charge in [-0.15, -0.1) is 0 Å². The van der Waals surface area contributed by atoms with Crippen LogP contribution in [0.15, 0.2) is 39.3 Å². The first-order valence-electron chi connectivity index (χ1n) is 5.40. The normalized spacial score (nSPS) is 10.2. The van der Waals surface area contributed by atoms with Crippen LogP contribution in [0.4, 0.5) is 11.5 Å². The smallest absolute Gasteiger partial charge is 0.255 e. The highest BCUT2D eigenvalue weighted by Crippen LogP contribution is 2.27. The Hall–Kier alpha value is -1.15. The maximum atomic E-state index is 12.2. The zero-order chi connectivity index (χ0) is 14.7. The summed E-state index contributed by atoms with van der Waals surface area (Å²) in [6.45, 7) is 0. The van der Waals surface area contributed by atoms with Crippen LogP contribution in [-0.2, 0) is 0 Å². The number of hydrogen-bond donors (Lipinski definition) is 3. The fourth-order valence-electron chi connectivity index (χ4n) is 1.49. The molecule has 0 aliphatic rings. The monoisotopic (exact) mass is 418 g/mol. The average molecular weight is 420 g/mol. The second kappa shape index (κ2) is 6.53. The van der Waals surface area contributed by atoms with Crippen molar-refractivity contribution in [3.63, 3.8) is 0 Å². The number of carbonyl (C=O) groups excluding carboxylic acids is 1. The van der Waals surface area contributed by atoms with Gasteiger partial charge in [0.2, 0.25) is 0 Å². The lowest BCUT2D eigenvalue weighted by atomic mass is 10.2. The molecule has 0 atom stereocenters. The summed E-state index contributed by atoms with van der Waals surface area (Å²) in [7, 11) is 0. The molecule has 0 saturated carbocycles. The van der Waals surface area contributed by atoms with Crippen LogP contribution in [0.1, 0.15) is 10.4 Å². The van der Waals surface area contributed by atoms with E-state index in [9.17, 15) is 4.79 Å². The van der Waals surface area contributed by atoms with Gasteiger partial charge in [0, 0.05) is 14.5 Å². The van der Waals surface area contributed by atoms with E-state index in [0.29, 0.717) is 17.1 Å². The van der Waals surface area contributed by atoms with Gasteiger partial charge in [0.1, 0.15) is 11.0 Å². The number of nitrogens with one attached hydrogen (secondary N) is 2. The van der Waals surface area contributed by atoms with Gasteiger partial charge >= 0.3 is 0 Å². The zero-order valence-electron chi connectivity index (χ0n) is 9.95. The topological polar surface area (TPSA) is 80.0 Å². The maximum absolute atomic E-state index is 12.2. The Kier molecular flexibility index (Phi) is 4.98. The summed E-state index contributed by atoms with van der Waals surface area (Å²) in [6, 6.07) is 8.41. The van der Waals surface area contributed by atoms with Crippen LogP contribution in [0.3, 0.4) is 0 Å². The number of pyridine rings is 1. The number of hydrogen-bond acceptors (Lipinski definition) is 4. The number of rotatable bonds is 3. The minimum absolute atomic E-state index is 0.181. The summed E-state index contributed by atoms with van der Waals surface area (Å²) in [5, 5.41) is 2.95. The molecule has 0 spiro atoms. The van der Waals surface area contributed by atoms with Crippen LogP contribution in [0.5, 0.6) is 0 Å². The first kappa shape index (κ1) is 15.2. The number of anilines is 2. The van der Waals surface area contributed by atoms with E-state index < -0.39 is 0 Å². The lowest BCUT2D eigenvalue weighted by molar-refractivity contribution is 0.102. The van der Waals surface area contributed by atoms with Crippen molar-refractivity contribution in [2.24, 2.45) is 5.84 Å². The van der Waals surface area contributed by atoms with Gasteiger partial charge in [-0.05, 0) is 46.3 Å². The molecule has 8 heteroatoms. The molecule has 104 valence electrons. The standard InChI is InChI=1S/C12H9Br2ClN4O/c13-7-1-2-9(8(14)5-7)17-12(20)6-3-10(15)18-11(4-6)19-16/h1-5H,16H2,(H,17,20)(H,18,19). The molecule has 1 aromatic carbocycles. The first-order chi connectivity index (χ1) is 9.49. The lowest BCUT2D eigenvalue weighted by Crippen LogP contribution is -2.15. The molecule has 2 aromatic rings. The van der Waals surface area contributed by atoms with Crippen LogP contribution >= 0.6 is 43.5 Å². The molecule has 0 fully saturated rings. The molecular weight excluding hydrogens is 411 g/mol. The third-order valence-corrected chi connectivity index (χ3v) is 3.73. The molecule has 2 rings (SSSR count). The largest absolute Gasteiger partial charge is 0.321 e. The van der Waals surface area contributed by atoms with Crippen LogP contribution in [0.2, 0.25) is 5.15 Å². The predicted molar refractivity (Wildman–Crippen MR) is 86.9 cm³/mol. The molecule has 1 amide bonds. The number of carbonyl (C=O) groups is 1. The number of aromatic nitrogens is 1. The summed E-state index contributed by atoms with van der Waals surface area (Å²) in [4.78, 5) is 16.1. The number of halogens is 3. The lowest BCUT2D eigenvalue weighted by Gasteiger charge is -2.09. The first-order valence-corrected chi connectivity index (χ1v) is 7.36. The van der Waals surface area contributed by atoms with Crippen molar-refractivity contribution in [3.8, 4) is 0 Å². The van der Waals surface area contributed by atoms with Crippen LogP contribution in [0, 0.1) is 0 Å². The van der Waals surface area contributed by atoms with Crippen LogP contribution < -0.4 is 16.6 Å². The molecule has 0 aliphatic heterocycles. The molecule has 4 N–H and O–H groups in total. The number of hydrazine groups is 1. The summed E-state index contributed by atoms with van der Waals surface area (Å²) in [5.41, 5.74) is 3.36. The van der Waals surface area contributed by atoms with Gasteiger partial charge in [-0.3, -0.25) is 4.79 Å². The van der Waals surface area contributed by atoms with Crippen molar-refractivity contribution in [3.05, 3.63) is 50.0 Å². The van der Waals surface area contributed by atoms with Gasteiger partial charge in [0.05, 0.1) is 5.69 Å². The van der Waals surface area contributed by atoms with E-state index in [1.807, 2.05) is 12.1 Å². The molecule has 1 aromatic heterocycles. The van der Waals surface area contributed by atoms with Crippen molar-refractivity contribution in [2.45, 2.75) is 0 Å². The Balaban J connectivity index is 2.26. The highest BCUT2D eigenvalue weighted by Gasteiger charge is 2.11. The minimum Gasteiger partial charge on any atom is -0.321 e. The van der Waals surface area contributed by atoms with E-state index in [-0.39, 0.29) is 11.1 Å². The molecule has 5 nitrogen and oxygen atoms in total. The highest BCUT2D eigenvalue weighted by molar-refractivity contribution is 9.11. The van der Waals surface area contributed by atoms with Crippen molar-refractivity contribution in [1.82, 2.24) is 4.98 Å². The zero-order valence-corrected chi connectivity index (χ0v) is 13.9. The fourth-order valence-corrected chi connectivity index (χ4v) is 2.84. The number of nitrogens with zero attached hydrogens (tertiary/aromatic N) is 1. The van der Waals surface area contributed by atoms with E-state index >= 15 is 0 Å². The van der Waals surface area contributed by atoms with E-state index in [4.69, 9.17) is 17.4 Å². The quantitative estimate of drug-likeness (QED) is 0.401. The van der Waals surface area contributed by atoms with Gasteiger partial charge in [-0.1, -0.05) is 27.5 Å². The molecule has 0 aliphatic carbocycles. The Bertz CT molecular complexity index is 666. The van der Waals surface area contributed by atoms with Crippen molar-refractivity contribution < 1.29 is 4.79 Å². The van der Waals surface area contributed by atoms with E-state index in [2.05, 4.69) is 47.6 Å². The summed E-state index contributed by atoms with van der Waals surface area (Å²) >= 11 is 12.5. The van der Waals surface area contributed by atoms with E-state index in [1.165, 1.54) is 12.1 Å². The average Bonchev–Trinajstić information content (AvgIpc) is 2.41. The summed E-state index contributed by atoms with van der Waals surface area (Å²) in [6.07, 6.45) is 0. The summed E-state index contributed by atoms with van der Waals surface area (Å²) < 4.78 is 1.67. The van der Waals surface area contributed by atoms with Crippen molar-refractivity contribution in [1.29, 1.82) is 0 Å². The van der Waals surface area contributed by atoms with E-state index in [1.54, 1.807) is 6.07 Å².